The summed E-state index contributed by atoms with van der Waals surface area (Å²) in [5.74, 6) is 0. The Labute approximate surface area is 129 Å². The highest BCUT2D eigenvalue weighted by Gasteiger charge is 2.43. The van der Waals surface area contributed by atoms with Crippen LogP contribution in [0.2, 0.25) is 0 Å². The Balaban J connectivity index is 1.71. The molecule has 0 aliphatic heterocycles. The number of hydrogen-bond donors (Lipinski definition) is 3. The number of hydrogen-bond acceptors (Lipinski definition) is 5. The molecule has 2 aliphatic rings. The van der Waals surface area contributed by atoms with Crippen LogP contribution in [-0.4, -0.2) is 42.2 Å². The van der Waals surface area contributed by atoms with E-state index in [1.165, 1.54) is 12.8 Å². The molecule has 0 radical (unpaired) electrons. The standard InChI is InChI=1S/C13H22N4O2S2/c1-9-11(7-14-10-3-4-10)12(17-16-9)21(18,19)15-8-13(20-2)5-6-13/h10,14-15H,3-8H2,1-2H3,(H,16,17). The van der Waals surface area contributed by atoms with Gasteiger partial charge in [-0.1, -0.05) is 0 Å². The first kappa shape index (κ1) is 15.3. The van der Waals surface area contributed by atoms with Crippen molar-refractivity contribution in [3.63, 3.8) is 0 Å². The number of thioether (sulfide) groups is 1. The smallest absolute Gasteiger partial charge is 0.260 e. The summed E-state index contributed by atoms with van der Waals surface area (Å²) in [5, 5.41) is 10.3. The number of H-pyrrole nitrogens is 1. The van der Waals surface area contributed by atoms with Crippen LogP contribution in [0.4, 0.5) is 0 Å². The third-order valence-corrected chi connectivity index (χ3v) is 7.05. The Morgan fingerprint density at radius 3 is 2.71 bits per heavy atom. The van der Waals surface area contributed by atoms with Gasteiger partial charge < -0.3 is 5.32 Å². The molecule has 8 heteroatoms. The van der Waals surface area contributed by atoms with Crippen LogP contribution < -0.4 is 10.0 Å². The quantitative estimate of drug-likeness (QED) is 0.665. The molecule has 2 saturated carbocycles. The normalized spacial score (nSPS) is 20.7. The summed E-state index contributed by atoms with van der Waals surface area (Å²) in [6, 6.07) is 0.536. The lowest BCUT2D eigenvalue weighted by Crippen LogP contribution is -2.33. The van der Waals surface area contributed by atoms with E-state index < -0.39 is 10.0 Å². The predicted octanol–water partition coefficient (Wildman–Crippen LogP) is 1.14. The average Bonchev–Trinajstić information content (AvgIpc) is 3.36. The summed E-state index contributed by atoms with van der Waals surface area (Å²) in [5.41, 5.74) is 1.57. The second kappa shape index (κ2) is 5.57. The van der Waals surface area contributed by atoms with Crippen molar-refractivity contribution in [1.29, 1.82) is 0 Å². The molecule has 2 fully saturated rings. The van der Waals surface area contributed by atoms with Gasteiger partial charge in [0.15, 0.2) is 5.03 Å². The topological polar surface area (TPSA) is 86.9 Å². The first-order valence-electron chi connectivity index (χ1n) is 7.28. The molecule has 6 nitrogen and oxygen atoms in total. The summed E-state index contributed by atoms with van der Waals surface area (Å²) in [6.45, 7) is 2.90. The molecule has 0 spiro atoms. The fourth-order valence-electron chi connectivity index (χ4n) is 2.28. The van der Waals surface area contributed by atoms with E-state index in [4.69, 9.17) is 0 Å². The summed E-state index contributed by atoms with van der Waals surface area (Å²) >= 11 is 1.74. The highest BCUT2D eigenvalue weighted by atomic mass is 32.2. The molecule has 0 atom stereocenters. The summed E-state index contributed by atoms with van der Waals surface area (Å²) < 4.78 is 27.8. The first-order valence-corrected chi connectivity index (χ1v) is 9.99. The van der Waals surface area contributed by atoms with E-state index >= 15 is 0 Å². The van der Waals surface area contributed by atoms with E-state index in [-0.39, 0.29) is 9.77 Å². The van der Waals surface area contributed by atoms with E-state index in [9.17, 15) is 8.42 Å². The molecule has 0 aromatic carbocycles. The van der Waals surface area contributed by atoms with Gasteiger partial charge in [0.1, 0.15) is 0 Å². The van der Waals surface area contributed by atoms with E-state index in [1.54, 1.807) is 11.8 Å². The van der Waals surface area contributed by atoms with Crippen molar-refractivity contribution >= 4 is 21.8 Å². The van der Waals surface area contributed by atoms with Crippen LogP contribution in [0.15, 0.2) is 5.03 Å². The zero-order valence-electron chi connectivity index (χ0n) is 12.4. The van der Waals surface area contributed by atoms with Crippen LogP contribution >= 0.6 is 11.8 Å². The lowest BCUT2D eigenvalue weighted by atomic mass is 10.2. The van der Waals surface area contributed by atoms with Gasteiger partial charge in [-0.2, -0.15) is 16.9 Å². The van der Waals surface area contributed by atoms with Crippen LogP contribution in [0.5, 0.6) is 0 Å². The van der Waals surface area contributed by atoms with Crippen LogP contribution in [0.25, 0.3) is 0 Å². The Kier molecular flexibility index (Phi) is 4.06. The molecule has 1 aromatic rings. The minimum atomic E-state index is -3.55. The van der Waals surface area contributed by atoms with Crippen LogP contribution in [0, 0.1) is 6.92 Å². The zero-order valence-corrected chi connectivity index (χ0v) is 14.0. The monoisotopic (exact) mass is 330 g/mol. The van der Waals surface area contributed by atoms with Gasteiger partial charge >= 0.3 is 0 Å². The summed E-state index contributed by atoms with van der Waals surface area (Å²) in [6.07, 6.45) is 6.53. The highest BCUT2D eigenvalue weighted by Crippen LogP contribution is 2.46. The molecule has 1 heterocycles. The fraction of sp³-hybridized carbons (Fsp3) is 0.769. The maximum Gasteiger partial charge on any atom is 0.260 e. The maximum atomic E-state index is 12.5. The molecule has 1 aromatic heterocycles. The molecular formula is C13H22N4O2S2. The van der Waals surface area contributed by atoms with Crippen LogP contribution in [0.3, 0.4) is 0 Å². The third kappa shape index (κ3) is 3.44. The molecule has 2 aliphatic carbocycles. The Bertz CT molecular complexity index is 618. The fourth-order valence-corrected chi connectivity index (χ4v) is 4.42. The van der Waals surface area contributed by atoms with Crippen LogP contribution in [-0.2, 0) is 16.6 Å². The largest absolute Gasteiger partial charge is 0.310 e. The van der Waals surface area contributed by atoms with Crippen molar-refractivity contribution in [3.05, 3.63) is 11.3 Å². The van der Waals surface area contributed by atoms with Crippen molar-refractivity contribution in [2.45, 2.75) is 55.0 Å². The molecule has 3 rings (SSSR count). The lowest BCUT2D eigenvalue weighted by Gasteiger charge is -2.13. The van der Waals surface area contributed by atoms with Gasteiger partial charge in [0.25, 0.3) is 10.0 Å². The number of rotatable bonds is 8. The van der Waals surface area contributed by atoms with Crippen LogP contribution in [0.1, 0.15) is 36.9 Å². The number of nitrogens with one attached hydrogen (secondary N) is 3. The van der Waals surface area contributed by atoms with E-state index in [0.717, 1.165) is 24.1 Å². The first-order chi connectivity index (χ1) is 9.96. The zero-order chi connectivity index (χ0) is 15.1. The molecule has 0 bridgehead atoms. The number of sulfonamides is 1. The molecule has 118 valence electrons. The molecular weight excluding hydrogens is 308 g/mol. The Hall–Kier alpha value is -0.570. The van der Waals surface area contributed by atoms with Gasteiger partial charge in [-0.05, 0) is 38.9 Å². The Morgan fingerprint density at radius 2 is 2.14 bits per heavy atom. The number of aryl methyl sites for hydroxylation is 1. The number of aromatic amines is 1. The van der Waals surface area contributed by atoms with Gasteiger partial charge in [-0.3, -0.25) is 5.10 Å². The van der Waals surface area contributed by atoms with Crippen molar-refractivity contribution in [2.75, 3.05) is 12.8 Å². The molecule has 0 unspecified atom stereocenters. The Morgan fingerprint density at radius 1 is 1.43 bits per heavy atom. The van der Waals surface area contributed by atoms with Crippen molar-refractivity contribution in [2.24, 2.45) is 0 Å². The van der Waals surface area contributed by atoms with Gasteiger partial charge in [0.2, 0.25) is 0 Å². The summed E-state index contributed by atoms with van der Waals surface area (Å²) in [7, 11) is -3.55. The minimum absolute atomic E-state index is 0.102. The second-order valence-electron chi connectivity index (χ2n) is 6.00. The van der Waals surface area contributed by atoms with Gasteiger partial charge in [-0.15, -0.1) is 0 Å². The second-order valence-corrected chi connectivity index (χ2v) is 8.96. The average molecular weight is 330 g/mol. The van der Waals surface area contributed by atoms with Gasteiger partial charge in [0.05, 0.1) is 0 Å². The third-order valence-electron chi connectivity index (χ3n) is 4.26. The summed E-state index contributed by atoms with van der Waals surface area (Å²) in [4.78, 5) is 0. The SMILES string of the molecule is CSC1(CNS(=O)(=O)c2n[nH]c(C)c2CNC2CC2)CC1. The van der Waals surface area contributed by atoms with E-state index in [1.807, 2.05) is 13.2 Å². The predicted molar refractivity (Wildman–Crippen MR) is 83.9 cm³/mol. The van der Waals surface area contributed by atoms with Crippen molar-refractivity contribution < 1.29 is 8.42 Å². The number of aromatic nitrogens is 2. The molecule has 21 heavy (non-hydrogen) atoms. The molecule has 0 saturated heterocycles. The maximum absolute atomic E-state index is 12.5. The van der Waals surface area contributed by atoms with Gasteiger partial charge in [-0.25, -0.2) is 13.1 Å². The molecule has 3 N–H and O–H groups in total. The van der Waals surface area contributed by atoms with Gasteiger partial charge in [0, 0.05) is 35.1 Å². The van der Waals surface area contributed by atoms with Crippen molar-refractivity contribution in [1.82, 2.24) is 20.2 Å². The van der Waals surface area contributed by atoms with E-state index in [0.29, 0.717) is 19.1 Å². The molecule has 0 amide bonds. The van der Waals surface area contributed by atoms with Crippen molar-refractivity contribution in [3.8, 4) is 0 Å². The lowest BCUT2D eigenvalue weighted by molar-refractivity contribution is 0.572. The van der Waals surface area contributed by atoms with E-state index in [2.05, 4.69) is 20.2 Å². The number of nitrogens with zero attached hydrogens (tertiary/aromatic N) is 1. The highest BCUT2D eigenvalue weighted by molar-refractivity contribution is 8.00. The minimum Gasteiger partial charge on any atom is -0.310 e.